The molecule has 0 aromatic carbocycles. The molecule has 0 aliphatic carbocycles. The van der Waals surface area contributed by atoms with Crippen molar-refractivity contribution in [2.75, 3.05) is 11.9 Å². The number of hydrogen-bond donors (Lipinski definition) is 2. The number of aldehydes is 1. The van der Waals surface area contributed by atoms with Crippen molar-refractivity contribution < 1.29 is 9.59 Å². The lowest BCUT2D eigenvalue weighted by molar-refractivity contribution is -0.113. The molecule has 3 rings (SSSR count). The minimum atomic E-state index is -0.535. The van der Waals surface area contributed by atoms with Crippen molar-refractivity contribution in [3.05, 3.63) is 35.4 Å². The van der Waals surface area contributed by atoms with Gasteiger partial charge < -0.3 is 11.1 Å². The van der Waals surface area contributed by atoms with E-state index in [1.807, 2.05) is 17.5 Å². The summed E-state index contributed by atoms with van der Waals surface area (Å²) < 4.78 is 1.43. The number of rotatable bonds is 6. The zero-order valence-electron chi connectivity index (χ0n) is 13.7. The summed E-state index contributed by atoms with van der Waals surface area (Å²) in [6.45, 7) is -0.0890. The fourth-order valence-electron chi connectivity index (χ4n) is 2.13. The lowest BCUT2D eigenvalue weighted by atomic mass is 10.2. The van der Waals surface area contributed by atoms with Crippen molar-refractivity contribution in [2.24, 2.45) is 12.8 Å². The zero-order valence-corrected chi connectivity index (χ0v) is 14.5. The summed E-state index contributed by atoms with van der Waals surface area (Å²) in [4.78, 5) is 32.7. The molecular formula is C15H14N8O2S. The van der Waals surface area contributed by atoms with E-state index >= 15 is 0 Å². The quantitative estimate of drug-likeness (QED) is 0.469. The summed E-state index contributed by atoms with van der Waals surface area (Å²) in [6, 6.07) is 3.74. The molecule has 0 bridgehead atoms. The van der Waals surface area contributed by atoms with Gasteiger partial charge in [0.1, 0.15) is 12.1 Å². The third-order valence-electron chi connectivity index (χ3n) is 3.40. The van der Waals surface area contributed by atoms with Gasteiger partial charge in [-0.05, 0) is 27.9 Å². The Morgan fingerprint density at radius 1 is 1.46 bits per heavy atom. The Hall–Kier alpha value is -3.31. The Morgan fingerprint density at radius 2 is 2.31 bits per heavy atom. The monoisotopic (exact) mass is 370 g/mol. The van der Waals surface area contributed by atoms with Crippen LogP contribution in [0.15, 0.2) is 35.4 Å². The molecule has 0 aliphatic rings. The van der Waals surface area contributed by atoms with Crippen LogP contribution in [0.3, 0.4) is 0 Å². The van der Waals surface area contributed by atoms with Gasteiger partial charge in [0.25, 0.3) is 5.91 Å². The number of anilines is 1. The van der Waals surface area contributed by atoms with Crippen molar-refractivity contribution in [1.82, 2.24) is 30.2 Å². The Kier molecular flexibility index (Phi) is 5.20. The highest BCUT2D eigenvalue weighted by atomic mass is 32.1. The topological polar surface area (TPSA) is 142 Å². The molecule has 132 valence electrons. The molecule has 0 saturated carbocycles. The number of aryl methyl sites for hydroxylation is 1. The summed E-state index contributed by atoms with van der Waals surface area (Å²) in [6.07, 6.45) is 3.15. The van der Waals surface area contributed by atoms with E-state index in [2.05, 4.69) is 30.8 Å². The standard InChI is InChI=1S/C15H14N8O2S/c1-23-14(20-21-22-23)10-8-17-13(11-3-2-6-26-11)18-12(10)19-15(25)9(7-16)4-5-24/h2-6,8H,7,16H2,1H3,(H,17,18,19,25)/b9-4-. The van der Waals surface area contributed by atoms with Gasteiger partial charge in [0, 0.05) is 25.4 Å². The van der Waals surface area contributed by atoms with Gasteiger partial charge in [-0.25, -0.2) is 14.6 Å². The number of nitrogens with one attached hydrogen (secondary N) is 1. The molecule has 10 nitrogen and oxygen atoms in total. The molecule has 3 aromatic rings. The van der Waals surface area contributed by atoms with Crippen LogP contribution in [0, 0.1) is 0 Å². The molecule has 0 aliphatic heterocycles. The van der Waals surface area contributed by atoms with Crippen LogP contribution < -0.4 is 11.1 Å². The summed E-state index contributed by atoms with van der Waals surface area (Å²) in [7, 11) is 1.66. The summed E-state index contributed by atoms with van der Waals surface area (Å²) >= 11 is 1.47. The first-order valence-electron chi connectivity index (χ1n) is 7.43. The van der Waals surface area contributed by atoms with Gasteiger partial charge in [-0.15, -0.1) is 16.4 Å². The molecule has 0 saturated heterocycles. The number of nitrogens with two attached hydrogens (primary N) is 1. The third-order valence-corrected chi connectivity index (χ3v) is 4.27. The maximum atomic E-state index is 12.4. The molecule has 3 N–H and O–H groups in total. The minimum Gasteiger partial charge on any atom is -0.326 e. The van der Waals surface area contributed by atoms with Gasteiger partial charge in [-0.1, -0.05) is 6.07 Å². The molecular weight excluding hydrogens is 356 g/mol. The number of thiophene rings is 1. The number of nitrogens with zero attached hydrogens (tertiary/aromatic N) is 6. The first-order chi connectivity index (χ1) is 12.6. The summed E-state index contributed by atoms with van der Waals surface area (Å²) in [5.74, 6) is 0.512. The number of allylic oxidation sites excluding steroid dienone is 1. The maximum absolute atomic E-state index is 12.4. The predicted molar refractivity (Wildman–Crippen MR) is 95.0 cm³/mol. The van der Waals surface area contributed by atoms with Crippen LogP contribution >= 0.6 is 11.3 Å². The molecule has 1 amide bonds. The van der Waals surface area contributed by atoms with E-state index in [1.165, 1.54) is 22.2 Å². The van der Waals surface area contributed by atoms with Crippen LogP contribution in [0.25, 0.3) is 22.1 Å². The van der Waals surface area contributed by atoms with Crippen LogP contribution in [0.1, 0.15) is 0 Å². The zero-order chi connectivity index (χ0) is 18.5. The lowest BCUT2D eigenvalue weighted by Gasteiger charge is -2.11. The molecule has 11 heteroatoms. The lowest BCUT2D eigenvalue weighted by Crippen LogP contribution is -2.22. The molecule has 0 atom stereocenters. The van der Waals surface area contributed by atoms with E-state index in [9.17, 15) is 9.59 Å². The first kappa shape index (κ1) is 17.5. The average Bonchev–Trinajstić information content (AvgIpc) is 3.31. The second-order valence-electron chi connectivity index (χ2n) is 5.05. The Morgan fingerprint density at radius 3 is 2.92 bits per heavy atom. The summed E-state index contributed by atoms with van der Waals surface area (Å²) in [5.41, 5.74) is 6.08. The third kappa shape index (κ3) is 3.53. The van der Waals surface area contributed by atoms with Crippen LogP contribution in [-0.4, -0.2) is 48.9 Å². The van der Waals surface area contributed by atoms with Crippen molar-refractivity contribution in [3.63, 3.8) is 0 Å². The van der Waals surface area contributed by atoms with Crippen LogP contribution in [0.2, 0.25) is 0 Å². The van der Waals surface area contributed by atoms with E-state index < -0.39 is 5.91 Å². The van der Waals surface area contributed by atoms with Gasteiger partial charge in [0.05, 0.1) is 10.4 Å². The number of hydrogen-bond acceptors (Lipinski definition) is 9. The van der Waals surface area contributed by atoms with E-state index in [1.54, 1.807) is 7.05 Å². The highest BCUT2D eigenvalue weighted by Gasteiger charge is 2.19. The Labute approximate surface area is 151 Å². The molecule has 0 unspecified atom stereocenters. The van der Waals surface area contributed by atoms with E-state index in [0.29, 0.717) is 23.5 Å². The second kappa shape index (κ2) is 7.72. The van der Waals surface area contributed by atoms with Crippen molar-refractivity contribution in [3.8, 4) is 22.1 Å². The van der Waals surface area contributed by atoms with Gasteiger partial charge in [0.2, 0.25) is 0 Å². The normalized spacial score (nSPS) is 11.4. The summed E-state index contributed by atoms with van der Waals surface area (Å²) in [5, 5.41) is 15.9. The van der Waals surface area contributed by atoms with Crippen molar-refractivity contribution in [1.29, 1.82) is 0 Å². The number of carbonyl (C=O) groups is 2. The predicted octanol–water partition coefficient (Wildman–Crippen LogP) is 0.418. The first-order valence-corrected chi connectivity index (χ1v) is 8.31. The van der Waals surface area contributed by atoms with Gasteiger partial charge >= 0.3 is 0 Å². The fraction of sp³-hybridized carbons (Fsp3) is 0.133. The maximum Gasteiger partial charge on any atom is 0.254 e. The van der Waals surface area contributed by atoms with Crippen molar-refractivity contribution in [2.45, 2.75) is 0 Å². The largest absolute Gasteiger partial charge is 0.326 e. The van der Waals surface area contributed by atoms with E-state index in [4.69, 9.17) is 5.73 Å². The minimum absolute atomic E-state index is 0.0890. The highest BCUT2D eigenvalue weighted by molar-refractivity contribution is 7.13. The number of amides is 1. The molecule has 26 heavy (non-hydrogen) atoms. The molecule has 0 spiro atoms. The second-order valence-corrected chi connectivity index (χ2v) is 5.99. The van der Waals surface area contributed by atoms with Crippen LogP contribution in [0.5, 0.6) is 0 Å². The van der Waals surface area contributed by atoms with E-state index in [-0.39, 0.29) is 17.9 Å². The molecule has 0 fully saturated rings. The van der Waals surface area contributed by atoms with Gasteiger partial charge in [0.15, 0.2) is 11.6 Å². The van der Waals surface area contributed by atoms with Gasteiger partial charge in [-0.2, -0.15) is 0 Å². The van der Waals surface area contributed by atoms with Gasteiger partial charge in [-0.3, -0.25) is 9.59 Å². The smallest absolute Gasteiger partial charge is 0.254 e. The average molecular weight is 370 g/mol. The molecule has 0 radical (unpaired) electrons. The van der Waals surface area contributed by atoms with Crippen LogP contribution in [0.4, 0.5) is 5.82 Å². The Balaban J connectivity index is 2.06. The SMILES string of the molecule is Cn1nnnc1-c1cnc(-c2cccs2)nc1NC(=O)/C(=C\C=O)CN. The molecule has 3 heterocycles. The number of carbonyl (C=O) groups excluding carboxylic acids is 2. The van der Waals surface area contributed by atoms with Crippen molar-refractivity contribution >= 4 is 29.3 Å². The Bertz CT molecular complexity index is 964. The number of aromatic nitrogens is 6. The molecule has 3 aromatic heterocycles. The number of tetrazole rings is 1. The highest BCUT2D eigenvalue weighted by Crippen LogP contribution is 2.28. The fourth-order valence-corrected chi connectivity index (χ4v) is 2.79. The van der Waals surface area contributed by atoms with Crippen LogP contribution in [-0.2, 0) is 16.6 Å². The van der Waals surface area contributed by atoms with E-state index in [0.717, 1.165) is 11.0 Å².